The molecule has 50 heavy (non-hydrogen) atoms. The van der Waals surface area contributed by atoms with Crippen LogP contribution in [-0.2, 0) is 44.6 Å². The Bertz CT molecular complexity index is 1310. The van der Waals surface area contributed by atoms with Gasteiger partial charge in [-0.05, 0) is 48.3 Å². The van der Waals surface area contributed by atoms with E-state index in [0.717, 1.165) is 29.2 Å². The first-order chi connectivity index (χ1) is 24.1. The first-order valence-electron chi connectivity index (χ1n) is 18.1. The first-order valence-corrected chi connectivity index (χ1v) is 21.8. The highest BCUT2D eigenvalue weighted by Gasteiger charge is 2.52. The number of carbonyl (C=O) groups excluding carboxylic acids is 1. The van der Waals surface area contributed by atoms with Crippen molar-refractivity contribution >= 4 is 14.4 Å². The molecule has 2 aromatic rings. The molecule has 1 saturated heterocycles. The van der Waals surface area contributed by atoms with Gasteiger partial charge in [0.2, 0.25) is 0 Å². The summed E-state index contributed by atoms with van der Waals surface area (Å²) >= 11 is 0. The molecule has 0 aromatic heterocycles. The maximum atomic E-state index is 13.6. The molecule has 8 atom stereocenters. The van der Waals surface area contributed by atoms with Gasteiger partial charge in [-0.3, -0.25) is 0 Å². The molecule has 0 N–H and O–H groups in total. The molecule has 2 aliphatic rings. The number of methoxy groups -OCH3 is 1. The van der Waals surface area contributed by atoms with Gasteiger partial charge < -0.3 is 38.0 Å². The van der Waals surface area contributed by atoms with Crippen molar-refractivity contribution in [3.8, 4) is 0 Å². The van der Waals surface area contributed by atoms with E-state index in [1.54, 1.807) is 13.2 Å². The van der Waals surface area contributed by atoms with Crippen molar-refractivity contribution in [3.63, 3.8) is 0 Å². The van der Waals surface area contributed by atoms with E-state index in [4.69, 9.17) is 33.2 Å². The molecular weight excluding hydrogens is 649 g/mol. The summed E-state index contributed by atoms with van der Waals surface area (Å²) < 4.78 is 43.1. The van der Waals surface area contributed by atoms with Crippen LogP contribution in [0.15, 0.2) is 85.0 Å². The summed E-state index contributed by atoms with van der Waals surface area (Å²) in [6.45, 7) is 18.0. The van der Waals surface area contributed by atoms with Gasteiger partial charge >= 0.3 is 0 Å². The van der Waals surface area contributed by atoms with Gasteiger partial charge in [0, 0.05) is 45.3 Å². The van der Waals surface area contributed by atoms with Crippen molar-refractivity contribution in [2.24, 2.45) is 23.2 Å². The van der Waals surface area contributed by atoms with E-state index >= 15 is 0 Å². The Labute approximate surface area is 301 Å². The molecule has 1 aliphatic heterocycles. The topological polar surface area (TPSA) is 81.7 Å². The van der Waals surface area contributed by atoms with Gasteiger partial charge in [0.15, 0.2) is 6.29 Å². The molecule has 0 bridgehead atoms. The zero-order chi connectivity index (χ0) is 36.0. The average Bonchev–Trinajstić information content (AvgIpc) is 3.12. The molecule has 0 spiro atoms. The molecule has 1 heterocycles. The maximum absolute atomic E-state index is 13.6. The van der Waals surface area contributed by atoms with Crippen LogP contribution in [0.3, 0.4) is 0 Å². The van der Waals surface area contributed by atoms with Crippen molar-refractivity contribution in [1.82, 2.24) is 0 Å². The lowest BCUT2D eigenvalue weighted by molar-refractivity contribution is -0.309. The first kappa shape index (κ1) is 40.3. The molecule has 0 unspecified atom stereocenters. The van der Waals surface area contributed by atoms with E-state index in [9.17, 15) is 4.79 Å². The van der Waals surface area contributed by atoms with Gasteiger partial charge in [-0.25, -0.2) is 0 Å². The third kappa shape index (κ3) is 11.8. The van der Waals surface area contributed by atoms with E-state index in [2.05, 4.69) is 58.3 Å². The zero-order valence-corrected chi connectivity index (χ0v) is 32.1. The fraction of sp³-hybridized carbons (Fsp3) is 0.585. The number of hydrogen-bond donors (Lipinski definition) is 0. The average molecular weight is 709 g/mol. The number of ether oxygens (including phenoxy) is 7. The highest BCUT2D eigenvalue weighted by Crippen LogP contribution is 2.50. The Hall–Kier alpha value is -2.47. The summed E-state index contributed by atoms with van der Waals surface area (Å²) in [5, 5.41) is 0. The molecule has 9 heteroatoms. The van der Waals surface area contributed by atoms with Gasteiger partial charge in [0.05, 0.1) is 19.3 Å². The SMILES string of the molecule is C=C[C@H]1O[C@@H](c2ccccc2)O[C@@H]([C@H]2C=C(COCOC)CC[C@@]2(C=O)C[C@H](C)[C@@H](C)COCc2ccccc2)[C@@H]1OCOCC[Si](C)(C)C. The van der Waals surface area contributed by atoms with E-state index in [-0.39, 0.29) is 31.3 Å². The van der Waals surface area contributed by atoms with Gasteiger partial charge in [-0.2, -0.15) is 0 Å². The number of hydrogen-bond acceptors (Lipinski definition) is 8. The predicted molar refractivity (Wildman–Crippen MR) is 199 cm³/mol. The van der Waals surface area contributed by atoms with Crippen LogP contribution in [0.2, 0.25) is 25.7 Å². The lowest BCUT2D eigenvalue weighted by Gasteiger charge is -2.50. The van der Waals surface area contributed by atoms with Crippen molar-refractivity contribution in [1.29, 1.82) is 0 Å². The molecule has 8 nitrogen and oxygen atoms in total. The second-order valence-electron chi connectivity index (χ2n) is 15.3. The highest BCUT2D eigenvalue weighted by molar-refractivity contribution is 6.76. The van der Waals surface area contributed by atoms with Crippen LogP contribution in [0.4, 0.5) is 0 Å². The molecule has 0 saturated carbocycles. The Morgan fingerprint density at radius 1 is 0.940 bits per heavy atom. The third-order valence-electron chi connectivity index (χ3n) is 10.1. The second kappa shape index (κ2) is 19.9. The number of aldehydes is 1. The lowest BCUT2D eigenvalue weighted by Crippen LogP contribution is -2.56. The highest BCUT2D eigenvalue weighted by atomic mass is 28.3. The quantitative estimate of drug-likeness (QED) is 0.0421. The summed E-state index contributed by atoms with van der Waals surface area (Å²) in [7, 11) is 0.342. The van der Waals surface area contributed by atoms with Gasteiger partial charge in [-0.15, -0.1) is 6.58 Å². The normalized spacial score (nSPS) is 26.9. The second-order valence-corrected chi connectivity index (χ2v) is 20.9. The van der Waals surface area contributed by atoms with Gasteiger partial charge in [0.25, 0.3) is 0 Å². The van der Waals surface area contributed by atoms with Crippen LogP contribution < -0.4 is 0 Å². The Morgan fingerprint density at radius 2 is 1.66 bits per heavy atom. The minimum absolute atomic E-state index is 0.0965. The molecule has 2 aromatic carbocycles. The minimum Gasteiger partial charge on any atom is -0.376 e. The van der Waals surface area contributed by atoms with Crippen LogP contribution in [0, 0.1) is 23.2 Å². The van der Waals surface area contributed by atoms with E-state index in [1.807, 2.05) is 48.5 Å². The fourth-order valence-corrected chi connectivity index (χ4v) is 7.60. The molecule has 276 valence electrons. The van der Waals surface area contributed by atoms with Crippen LogP contribution in [0.1, 0.15) is 50.5 Å². The predicted octanol–water partition coefficient (Wildman–Crippen LogP) is 8.37. The summed E-state index contributed by atoms with van der Waals surface area (Å²) in [5.74, 6) is 0.105. The number of benzene rings is 2. The van der Waals surface area contributed by atoms with Crippen molar-refractivity contribution in [2.75, 3.05) is 40.5 Å². The smallest absolute Gasteiger partial charge is 0.185 e. The Balaban J connectivity index is 1.63. The number of rotatable bonds is 21. The van der Waals surface area contributed by atoms with Crippen molar-refractivity contribution in [3.05, 3.63) is 96.1 Å². The Morgan fingerprint density at radius 3 is 2.32 bits per heavy atom. The van der Waals surface area contributed by atoms with Crippen LogP contribution >= 0.6 is 0 Å². The number of carbonyl (C=O) groups is 1. The summed E-state index contributed by atoms with van der Waals surface area (Å²) in [4.78, 5) is 13.6. The molecule has 0 amide bonds. The minimum atomic E-state index is -1.27. The van der Waals surface area contributed by atoms with Crippen LogP contribution in [-0.4, -0.2) is 73.2 Å². The van der Waals surface area contributed by atoms with Gasteiger partial charge in [0.1, 0.15) is 32.1 Å². The van der Waals surface area contributed by atoms with E-state index < -0.39 is 38.1 Å². The maximum Gasteiger partial charge on any atom is 0.185 e. The summed E-state index contributed by atoms with van der Waals surface area (Å²) in [6.07, 6.45) is 5.01. The lowest BCUT2D eigenvalue weighted by atomic mass is 9.60. The van der Waals surface area contributed by atoms with Crippen LogP contribution in [0.5, 0.6) is 0 Å². The van der Waals surface area contributed by atoms with Crippen molar-refractivity contribution in [2.45, 2.75) is 90.0 Å². The van der Waals surface area contributed by atoms with Crippen molar-refractivity contribution < 1.29 is 38.0 Å². The van der Waals surface area contributed by atoms with Crippen LogP contribution in [0.25, 0.3) is 0 Å². The fourth-order valence-electron chi connectivity index (χ4n) is 6.85. The van der Waals surface area contributed by atoms with E-state index in [0.29, 0.717) is 39.3 Å². The molecule has 1 aliphatic carbocycles. The largest absolute Gasteiger partial charge is 0.376 e. The molecule has 0 radical (unpaired) electrons. The molecular formula is C41H60O8Si. The molecule has 4 rings (SSSR count). The zero-order valence-electron chi connectivity index (χ0n) is 31.1. The third-order valence-corrected chi connectivity index (χ3v) is 11.8. The molecule has 1 fully saturated rings. The monoisotopic (exact) mass is 708 g/mol. The summed E-state index contributed by atoms with van der Waals surface area (Å²) in [6, 6.07) is 21.2. The van der Waals surface area contributed by atoms with Gasteiger partial charge in [-0.1, -0.05) is 106 Å². The summed E-state index contributed by atoms with van der Waals surface area (Å²) in [5.41, 5.74) is 2.44. The Kier molecular flexibility index (Phi) is 16.1. The van der Waals surface area contributed by atoms with E-state index in [1.165, 1.54) is 6.29 Å². The standard InChI is InChI=1S/C41H60O8Si/c1-8-37-39(47-30-44-21-22-50(5,6)7)38(49-40(48-37)35-17-13-10-14-18-35)36-23-34(27-46-29-43-4)19-20-41(36,28-42)24-31(2)32(3)25-45-26-33-15-11-9-12-16-33/h8-18,23,28,31-32,36-40H,1,19-22,24-27,29-30H2,2-7H3/t31-,32-,36+,37+,38-,39+,40+,41-/m0/s1.